The molecule has 0 fully saturated rings. The van der Waals surface area contributed by atoms with Crippen LogP contribution in [0.4, 0.5) is 13.2 Å². The highest BCUT2D eigenvalue weighted by atomic mass is 127. The standard InChI is InChI=1S/C3H5F3INO/c4-3(5,6)1(9)2(7)8/h1-2,9H,8H2. The molecule has 2 unspecified atom stereocenters. The molecule has 2 atom stereocenters. The number of hydrogen-bond acceptors (Lipinski definition) is 2. The minimum Gasteiger partial charge on any atom is -0.382 e. The summed E-state index contributed by atoms with van der Waals surface area (Å²) in [7, 11) is 0. The van der Waals surface area contributed by atoms with Crippen LogP contribution in [0.5, 0.6) is 0 Å². The molecule has 0 amide bonds. The Morgan fingerprint density at radius 3 is 1.78 bits per heavy atom. The molecule has 0 aliphatic carbocycles. The second kappa shape index (κ2) is 3.02. The van der Waals surface area contributed by atoms with E-state index in [1.54, 1.807) is 0 Å². The maximum absolute atomic E-state index is 11.4. The van der Waals surface area contributed by atoms with Gasteiger partial charge in [-0.05, 0) is 0 Å². The van der Waals surface area contributed by atoms with Crippen LogP contribution >= 0.6 is 22.6 Å². The Hall–Kier alpha value is 0.440. The third-order valence-corrected chi connectivity index (χ3v) is 1.32. The molecule has 0 spiro atoms. The van der Waals surface area contributed by atoms with E-state index in [0.717, 1.165) is 0 Å². The molecule has 0 rings (SSSR count). The molecule has 0 aromatic carbocycles. The Bertz CT molecular complexity index is 93.5. The summed E-state index contributed by atoms with van der Waals surface area (Å²) in [4.78, 5) is 0. The fourth-order valence-electron chi connectivity index (χ4n) is 0.181. The van der Waals surface area contributed by atoms with Gasteiger partial charge in [0.05, 0.1) is 4.05 Å². The summed E-state index contributed by atoms with van der Waals surface area (Å²) >= 11 is 1.30. The van der Waals surface area contributed by atoms with E-state index >= 15 is 0 Å². The molecule has 0 aromatic heterocycles. The molecule has 0 aromatic rings. The average molecular weight is 255 g/mol. The summed E-state index contributed by atoms with van der Waals surface area (Å²) in [5.74, 6) is 0. The maximum atomic E-state index is 11.4. The second-order valence-corrected chi connectivity index (χ2v) is 2.87. The van der Waals surface area contributed by atoms with Gasteiger partial charge in [-0.15, -0.1) is 0 Å². The number of aliphatic hydroxyl groups is 1. The molecule has 0 radical (unpaired) electrons. The van der Waals surface area contributed by atoms with Crippen molar-refractivity contribution in [2.45, 2.75) is 16.3 Å². The molecule has 56 valence electrons. The number of aliphatic hydroxyl groups excluding tert-OH is 1. The summed E-state index contributed by atoms with van der Waals surface area (Å²) in [6.07, 6.45) is -7.02. The number of rotatable bonds is 1. The Balaban J connectivity index is 3.88. The molecule has 2 nitrogen and oxygen atoms in total. The Morgan fingerprint density at radius 2 is 1.78 bits per heavy atom. The van der Waals surface area contributed by atoms with Gasteiger partial charge >= 0.3 is 6.18 Å². The van der Waals surface area contributed by atoms with Gasteiger partial charge in [0.15, 0.2) is 6.10 Å². The molecule has 0 heterocycles. The van der Waals surface area contributed by atoms with Crippen molar-refractivity contribution >= 4 is 22.6 Å². The predicted octanol–water partition coefficient (Wildman–Crippen LogP) is 0.629. The normalized spacial score (nSPS) is 19.3. The molecule has 0 aliphatic heterocycles. The monoisotopic (exact) mass is 255 g/mol. The van der Waals surface area contributed by atoms with Crippen molar-refractivity contribution < 1.29 is 18.3 Å². The van der Waals surface area contributed by atoms with Crippen molar-refractivity contribution in [1.29, 1.82) is 0 Å². The van der Waals surface area contributed by atoms with Crippen molar-refractivity contribution in [3.05, 3.63) is 0 Å². The SMILES string of the molecule is NC(I)C(O)C(F)(F)F. The van der Waals surface area contributed by atoms with E-state index in [-0.39, 0.29) is 0 Å². The van der Waals surface area contributed by atoms with E-state index in [1.807, 2.05) is 0 Å². The van der Waals surface area contributed by atoms with Gasteiger partial charge < -0.3 is 10.8 Å². The van der Waals surface area contributed by atoms with Crippen LogP contribution in [0.15, 0.2) is 0 Å². The molecule has 6 heteroatoms. The number of alkyl halides is 4. The van der Waals surface area contributed by atoms with Gasteiger partial charge in [0.25, 0.3) is 0 Å². The number of hydrogen-bond donors (Lipinski definition) is 2. The molecule has 0 bridgehead atoms. The second-order valence-electron chi connectivity index (χ2n) is 1.43. The first-order valence-electron chi connectivity index (χ1n) is 2.00. The largest absolute Gasteiger partial charge is 0.416 e. The molecular formula is C3H5F3INO. The Morgan fingerprint density at radius 1 is 1.44 bits per heavy atom. The van der Waals surface area contributed by atoms with E-state index in [0.29, 0.717) is 0 Å². The first-order chi connectivity index (χ1) is 3.85. The van der Waals surface area contributed by atoms with Crippen LogP contribution in [0, 0.1) is 0 Å². The van der Waals surface area contributed by atoms with Crippen LogP contribution in [0.1, 0.15) is 0 Å². The first kappa shape index (κ1) is 9.44. The van der Waals surface area contributed by atoms with Crippen LogP contribution < -0.4 is 5.73 Å². The third-order valence-electron chi connectivity index (χ3n) is 0.637. The minimum atomic E-state index is -4.60. The highest BCUT2D eigenvalue weighted by Crippen LogP contribution is 2.23. The lowest BCUT2D eigenvalue weighted by Crippen LogP contribution is -2.40. The van der Waals surface area contributed by atoms with Crippen LogP contribution in [0.2, 0.25) is 0 Å². The fourth-order valence-corrected chi connectivity index (χ4v) is 0.588. The van der Waals surface area contributed by atoms with Crippen LogP contribution in [0.25, 0.3) is 0 Å². The zero-order valence-corrected chi connectivity index (χ0v) is 6.35. The zero-order valence-electron chi connectivity index (χ0n) is 4.19. The molecular weight excluding hydrogens is 250 g/mol. The number of halogens is 4. The summed E-state index contributed by atoms with van der Waals surface area (Å²) < 4.78 is 32.8. The molecule has 0 aliphatic rings. The van der Waals surface area contributed by atoms with Crippen molar-refractivity contribution in [3.8, 4) is 0 Å². The highest BCUT2D eigenvalue weighted by Gasteiger charge is 2.41. The van der Waals surface area contributed by atoms with Crippen molar-refractivity contribution in [2.24, 2.45) is 5.73 Å². The third kappa shape index (κ3) is 3.21. The van der Waals surface area contributed by atoms with E-state index in [2.05, 4.69) is 0 Å². The van der Waals surface area contributed by atoms with Gasteiger partial charge in [-0.1, -0.05) is 22.6 Å². The van der Waals surface area contributed by atoms with Gasteiger partial charge in [0.2, 0.25) is 0 Å². The molecule has 9 heavy (non-hydrogen) atoms. The molecule has 0 saturated heterocycles. The fraction of sp³-hybridized carbons (Fsp3) is 1.00. The van der Waals surface area contributed by atoms with Gasteiger partial charge in [-0.25, -0.2) is 0 Å². The van der Waals surface area contributed by atoms with E-state index in [1.165, 1.54) is 22.6 Å². The van der Waals surface area contributed by atoms with Crippen molar-refractivity contribution in [1.82, 2.24) is 0 Å². The van der Waals surface area contributed by atoms with Gasteiger partial charge in [0.1, 0.15) is 0 Å². The quantitative estimate of drug-likeness (QED) is 0.410. The van der Waals surface area contributed by atoms with Crippen LogP contribution in [-0.2, 0) is 0 Å². The predicted molar refractivity (Wildman–Crippen MR) is 34.1 cm³/mol. The highest BCUT2D eigenvalue weighted by molar-refractivity contribution is 14.1. The lowest BCUT2D eigenvalue weighted by atomic mass is 10.3. The zero-order chi connectivity index (χ0) is 7.65. The topological polar surface area (TPSA) is 46.2 Å². The first-order valence-corrected chi connectivity index (χ1v) is 3.24. The summed E-state index contributed by atoms with van der Waals surface area (Å²) in [5.41, 5.74) is 4.74. The van der Waals surface area contributed by atoms with Crippen LogP contribution in [-0.4, -0.2) is 21.4 Å². The maximum Gasteiger partial charge on any atom is 0.416 e. The Kier molecular flexibility index (Phi) is 3.17. The van der Waals surface area contributed by atoms with E-state index < -0.39 is 16.3 Å². The van der Waals surface area contributed by atoms with Gasteiger partial charge in [0, 0.05) is 0 Å². The minimum absolute atomic E-state index is 1.29. The molecule has 3 N–H and O–H groups in total. The van der Waals surface area contributed by atoms with Crippen molar-refractivity contribution in [2.75, 3.05) is 0 Å². The Labute approximate surface area is 63.4 Å². The average Bonchev–Trinajstić information content (AvgIpc) is 1.62. The summed E-state index contributed by atoms with van der Waals surface area (Å²) in [6, 6.07) is 0. The van der Waals surface area contributed by atoms with Gasteiger partial charge in [-0.3, -0.25) is 0 Å². The summed E-state index contributed by atoms with van der Waals surface area (Å²) in [6.45, 7) is 0. The lowest BCUT2D eigenvalue weighted by Gasteiger charge is -2.15. The van der Waals surface area contributed by atoms with Gasteiger partial charge in [-0.2, -0.15) is 13.2 Å². The van der Waals surface area contributed by atoms with Crippen LogP contribution in [0.3, 0.4) is 0 Å². The van der Waals surface area contributed by atoms with E-state index in [4.69, 9.17) is 10.8 Å². The lowest BCUT2D eigenvalue weighted by molar-refractivity contribution is -0.201. The van der Waals surface area contributed by atoms with E-state index in [9.17, 15) is 13.2 Å². The van der Waals surface area contributed by atoms with Crippen molar-refractivity contribution in [3.63, 3.8) is 0 Å². The smallest absolute Gasteiger partial charge is 0.382 e. The summed E-state index contributed by atoms with van der Waals surface area (Å²) in [5, 5.41) is 8.21. The molecule has 0 saturated carbocycles. The number of nitrogens with two attached hydrogens (primary N) is 1.